The summed E-state index contributed by atoms with van der Waals surface area (Å²) in [5, 5.41) is 0. The highest BCUT2D eigenvalue weighted by Gasteiger charge is 2.52. The van der Waals surface area contributed by atoms with Crippen LogP contribution in [0, 0.1) is 23.7 Å². The van der Waals surface area contributed by atoms with Gasteiger partial charge in [0.15, 0.2) is 0 Å². The summed E-state index contributed by atoms with van der Waals surface area (Å²) < 4.78 is 0. The van der Waals surface area contributed by atoms with Crippen LogP contribution in [0.15, 0.2) is 0 Å². The van der Waals surface area contributed by atoms with Crippen molar-refractivity contribution in [1.29, 1.82) is 0 Å². The summed E-state index contributed by atoms with van der Waals surface area (Å²) in [6.45, 7) is 0.661. The molecule has 3 heteroatoms. The number of rotatable bonds is 2. The molecule has 4 saturated carbocycles. The molecule has 18 heavy (non-hydrogen) atoms. The Kier molecular flexibility index (Phi) is 2.48. The van der Waals surface area contributed by atoms with Gasteiger partial charge in [-0.05, 0) is 62.2 Å². The van der Waals surface area contributed by atoms with Crippen molar-refractivity contribution in [1.82, 2.24) is 4.90 Å². The summed E-state index contributed by atoms with van der Waals surface area (Å²) in [6.07, 6.45) is 8.77. The Morgan fingerprint density at radius 3 is 2.22 bits per heavy atom. The summed E-state index contributed by atoms with van der Waals surface area (Å²) in [6, 6.07) is 0.904. The second-order valence-corrected chi connectivity index (χ2v) is 7.15. The van der Waals surface area contributed by atoms with Crippen molar-refractivity contribution >= 4 is 5.91 Å². The fourth-order valence-corrected chi connectivity index (χ4v) is 5.75. The molecule has 1 saturated heterocycles. The van der Waals surface area contributed by atoms with Crippen LogP contribution >= 0.6 is 0 Å². The number of likely N-dealkylation sites (tertiary alicyclic amines) is 1. The van der Waals surface area contributed by atoms with E-state index in [1.54, 1.807) is 0 Å². The van der Waals surface area contributed by atoms with E-state index in [1.807, 2.05) is 0 Å². The molecule has 0 spiro atoms. The lowest BCUT2D eigenvalue weighted by Crippen LogP contribution is -2.59. The Bertz CT molecular complexity index is 340. The molecular weight excluding hydrogens is 224 g/mol. The van der Waals surface area contributed by atoms with Gasteiger partial charge >= 0.3 is 0 Å². The lowest BCUT2D eigenvalue weighted by Gasteiger charge is -2.57. The summed E-state index contributed by atoms with van der Waals surface area (Å²) in [7, 11) is 0. The van der Waals surface area contributed by atoms with Crippen LogP contribution in [0.1, 0.15) is 44.9 Å². The Morgan fingerprint density at radius 1 is 1.06 bits per heavy atom. The molecule has 0 radical (unpaired) electrons. The molecule has 1 heterocycles. The van der Waals surface area contributed by atoms with Crippen LogP contribution in [0.4, 0.5) is 0 Å². The maximum atomic E-state index is 12.2. The zero-order chi connectivity index (χ0) is 12.3. The summed E-state index contributed by atoms with van der Waals surface area (Å²) in [5.41, 5.74) is 5.89. The highest BCUT2D eigenvalue weighted by molar-refractivity contribution is 5.79. The van der Waals surface area contributed by atoms with Gasteiger partial charge < -0.3 is 10.6 Å². The number of hydrogen-bond acceptors (Lipinski definition) is 2. The number of nitrogens with two attached hydrogens (primary N) is 1. The third kappa shape index (κ3) is 1.49. The maximum Gasteiger partial charge on any atom is 0.223 e. The molecule has 1 aliphatic heterocycles. The average Bonchev–Trinajstić information content (AvgIpc) is 2.70. The molecule has 1 unspecified atom stereocenters. The van der Waals surface area contributed by atoms with E-state index in [-0.39, 0.29) is 0 Å². The van der Waals surface area contributed by atoms with Gasteiger partial charge in [-0.1, -0.05) is 0 Å². The Labute approximate surface area is 109 Å². The minimum Gasteiger partial charge on any atom is -0.335 e. The third-order valence-corrected chi connectivity index (χ3v) is 6.14. The molecule has 5 fully saturated rings. The smallest absolute Gasteiger partial charge is 0.223 e. The van der Waals surface area contributed by atoms with Crippen molar-refractivity contribution in [3.8, 4) is 0 Å². The van der Waals surface area contributed by atoms with E-state index < -0.39 is 0 Å². The van der Waals surface area contributed by atoms with Crippen molar-refractivity contribution in [2.45, 2.75) is 57.0 Å². The van der Waals surface area contributed by atoms with Gasteiger partial charge in [0.05, 0.1) is 0 Å². The van der Waals surface area contributed by atoms with Crippen molar-refractivity contribution in [3.05, 3.63) is 0 Å². The van der Waals surface area contributed by atoms with Crippen LogP contribution in [0.3, 0.4) is 0 Å². The number of amides is 1. The number of nitrogens with zero attached hydrogens (tertiary/aromatic N) is 1. The molecular formula is C15H24N2O. The van der Waals surface area contributed by atoms with Crippen LogP contribution in [-0.2, 0) is 4.79 Å². The first-order valence-electron chi connectivity index (χ1n) is 7.77. The molecule has 3 nitrogen and oxygen atoms in total. The van der Waals surface area contributed by atoms with Gasteiger partial charge in [-0.3, -0.25) is 4.79 Å². The lowest BCUT2D eigenvalue weighted by molar-refractivity contribution is -0.141. The first kappa shape index (κ1) is 11.3. The molecule has 4 aliphatic carbocycles. The number of carbonyl (C=O) groups is 1. The van der Waals surface area contributed by atoms with E-state index in [0.29, 0.717) is 24.5 Å². The van der Waals surface area contributed by atoms with E-state index in [0.717, 1.165) is 36.5 Å². The molecule has 4 bridgehead atoms. The first-order chi connectivity index (χ1) is 8.76. The van der Waals surface area contributed by atoms with Crippen LogP contribution in [0.5, 0.6) is 0 Å². The topological polar surface area (TPSA) is 46.3 Å². The van der Waals surface area contributed by atoms with Gasteiger partial charge in [-0.2, -0.15) is 0 Å². The minimum atomic E-state index is 0.347. The zero-order valence-electron chi connectivity index (χ0n) is 11.1. The van der Waals surface area contributed by atoms with Crippen LogP contribution in [0.25, 0.3) is 0 Å². The normalized spacial score (nSPS) is 50.3. The second kappa shape index (κ2) is 3.96. The molecule has 5 aliphatic rings. The number of hydrogen-bond donors (Lipinski definition) is 1. The predicted octanol–water partition coefficient (Wildman–Crippen LogP) is 1.76. The molecule has 0 aromatic rings. The minimum absolute atomic E-state index is 0.347. The van der Waals surface area contributed by atoms with Gasteiger partial charge in [0.25, 0.3) is 0 Å². The van der Waals surface area contributed by atoms with Gasteiger partial charge in [0.1, 0.15) is 0 Å². The summed E-state index contributed by atoms with van der Waals surface area (Å²) in [4.78, 5) is 14.5. The molecule has 1 atom stereocenters. The molecule has 1 amide bonds. The van der Waals surface area contributed by atoms with Crippen molar-refractivity contribution in [2.24, 2.45) is 29.4 Å². The molecule has 5 rings (SSSR count). The maximum absolute atomic E-state index is 12.2. The quantitative estimate of drug-likeness (QED) is 0.809. The fraction of sp³-hybridized carbons (Fsp3) is 0.933. The number of carbonyl (C=O) groups excluding carboxylic acids is 1. The molecule has 2 N–H and O–H groups in total. The van der Waals surface area contributed by atoms with E-state index in [9.17, 15) is 4.79 Å². The van der Waals surface area contributed by atoms with E-state index in [2.05, 4.69) is 4.90 Å². The van der Waals surface area contributed by atoms with E-state index in [1.165, 1.54) is 32.1 Å². The van der Waals surface area contributed by atoms with Crippen molar-refractivity contribution in [3.63, 3.8) is 0 Å². The first-order valence-corrected chi connectivity index (χ1v) is 7.77. The van der Waals surface area contributed by atoms with E-state index in [4.69, 9.17) is 5.73 Å². The second-order valence-electron chi connectivity index (χ2n) is 7.15. The Morgan fingerprint density at radius 2 is 1.67 bits per heavy atom. The SMILES string of the molecule is NCC1CCC(=O)N1C1C2CC3CC(C2)CC1C3. The van der Waals surface area contributed by atoms with Gasteiger partial charge in [-0.15, -0.1) is 0 Å². The third-order valence-electron chi connectivity index (χ3n) is 6.14. The summed E-state index contributed by atoms with van der Waals surface area (Å²) in [5.74, 6) is 3.97. The standard InChI is InChI=1S/C15H24N2O/c16-8-13-1-2-14(18)17(13)15-11-4-9-3-10(6-11)7-12(15)5-9/h9-13,15H,1-8,16H2. The highest BCUT2D eigenvalue weighted by atomic mass is 16.2. The molecule has 0 aromatic heterocycles. The Hall–Kier alpha value is -0.570. The highest BCUT2D eigenvalue weighted by Crippen LogP contribution is 2.55. The van der Waals surface area contributed by atoms with Crippen LogP contribution < -0.4 is 5.73 Å². The van der Waals surface area contributed by atoms with Gasteiger partial charge in [0, 0.05) is 25.0 Å². The van der Waals surface area contributed by atoms with Crippen molar-refractivity contribution < 1.29 is 4.79 Å². The van der Waals surface area contributed by atoms with Gasteiger partial charge in [-0.25, -0.2) is 0 Å². The fourth-order valence-electron chi connectivity index (χ4n) is 5.75. The van der Waals surface area contributed by atoms with Crippen LogP contribution in [-0.4, -0.2) is 29.4 Å². The van der Waals surface area contributed by atoms with E-state index >= 15 is 0 Å². The van der Waals surface area contributed by atoms with Gasteiger partial charge in [0.2, 0.25) is 5.91 Å². The summed E-state index contributed by atoms with van der Waals surface area (Å²) >= 11 is 0. The Balaban J connectivity index is 1.62. The average molecular weight is 248 g/mol. The zero-order valence-corrected chi connectivity index (χ0v) is 11.1. The monoisotopic (exact) mass is 248 g/mol. The molecule has 0 aromatic carbocycles. The van der Waals surface area contributed by atoms with Crippen molar-refractivity contribution in [2.75, 3.05) is 6.54 Å². The molecule has 100 valence electrons. The van der Waals surface area contributed by atoms with Crippen LogP contribution in [0.2, 0.25) is 0 Å². The largest absolute Gasteiger partial charge is 0.335 e. The predicted molar refractivity (Wildman–Crippen MR) is 69.8 cm³/mol. The lowest BCUT2D eigenvalue weighted by atomic mass is 9.54.